The van der Waals surface area contributed by atoms with Crippen LogP contribution >= 0.6 is 24.0 Å². The Labute approximate surface area is 199 Å². The van der Waals surface area contributed by atoms with Crippen molar-refractivity contribution in [3.8, 4) is 5.69 Å². The molecule has 0 atom stereocenters. The number of para-hydroxylation sites is 1. The van der Waals surface area contributed by atoms with Crippen LogP contribution in [0, 0.1) is 13.8 Å². The van der Waals surface area contributed by atoms with Gasteiger partial charge >= 0.3 is 0 Å². The second-order valence-corrected chi connectivity index (χ2v) is 7.32. The molecular weight excluding hydrogens is 487 g/mol. The Morgan fingerprint density at radius 3 is 2.43 bits per heavy atom. The number of halogens is 1. The summed E-state index contributed by atoms with van der Waals surface area (Å²) in [5.41, 5.74) is 4.42. The number of benzene rings is 1. The first-order valence-electron chi connectivity index (χ1n) is 10.9. The van der Waals surface area contributed by atoms with Crippen molar-refractivity contribution >= 4 is 29.9 Å². The average molecular weight is 527 g/mol. The molecule has 30 heavy (non-hydrogen) atoms. The zero-order chi connectivity index (χ0) is 21.1. The molecule has 168 valence electrons. The van der Waals surface area contributed by atoms with E-state index in [-0.39, 0.29) is 24.0 Å². The highest BCUT2D eigenvalue weighted by molar-refractivity contribution is 14.0. The summed E-state index contributed by atoms with van der Waals surface area (Å²) in [5.74, 6) is 0.874. The van der Waals surface area contributed by atoms with Crippen LogP contribution < -0.4 is 10.6 Å². The van der Waals surface area contributed by atoms with E-state index in [4.69, 9.17) is 4.99 Å². The molecule has 0 saturated carbocycles. The van der Waals surface area contributed by atoms with Gasteiger partial charge in [-0.05, 0) is 70.9 Å². The first kappa shape index (κ1) is 26.4. The Bertz CT molecular complexity index is 767. The number of aliphatic imine (C=N–C) groups is 1. The van der Waals surface area contributed by atoms with Gasteiger partial charge in [0.15, 0.2) is 5.96 Å². The fourth-order valence-corrected chi connectivity index (χ4v) is 3.44. The minimum atomic E-state index is 0. The number of rotatable bonds is 11. The van der Waals surface area contributed by atoms with Crippen molar-refractivity contribution in [2.75, 3.05) is 32.7 Å². The first-order chi connectivity index (χ1) is 14.1. The minimum absolute atomic E-state index is 0. The molecule has 2 rings (SSSR count). The van der Waals surface area contributed by atoms with Gasteiger partial charge in [-0.2, -0.15) is 5.10 Å². The fourth-order valence-electron chi connectivity index (χ4n) is 3.44. The monoisotopic (exact) mass is 526 g/mol. The maximum Gasteiger partial charge on any atom is 0.191 e. The van der Waals surface area contributed by atoms with E-state index < -0.39 is 0 Å². The predicted molar refractivity (Wildman–Crippen MR) is 138 cm³/mol. The standard InChI is InChI=1S/C23H38N6.HI/c1-6-24-23(25-15-11-12-16-28(7-2)8-3)26-18-21-13-9-10-14-22(21)29-20(5)17-19(4)27-29;/h9-10,13-14,17H,6-8,11-12,15-16,18H2,1-5H3,(H2,24,25,26);1H. The third-order valence-corrected chi connectivity index (χ3v) is 5.07. The van der Waals surface area contributed by atoms with Crippen molar-refractivity contribution in [3.05, 3.63) is 47.3 Å². The normalized spacial score (nSPS) is 11.5. The van der Waals surface area contributed by atoms with E-state index in [0.29, 0.717) is 6.54 Å². The van der Waals surface area contributed by atoms with Gasteiger partial charge < -0.3 is 15.5 Å². The lowest BCUT2D eigenvalue weighted by Crippen LogP contribution is -2.38. The van der Waals surface area contributed by atoms with Gasteiger partial charge in [0, 0.05) is 18.8 Å². The summed E-state index contributed by atoms with van der Waals surface area (Å²) in [4.78, 5) is 7.28. The molecule has 0 amide bonds. The molecule has 0 unspecified atom stereocenters. The van der Waals surface area contributed by atoms with E-state index in [1.165, 1.54) is 13.0 Å². The van der Waals surface area contributed by atoms with Crippen LogP contribution in [-0.2, 0) is 6.54 Å². The van der Waals surface area contributed by atoms with Crippen LogP contribution in [0.3, 0.4) is 0 Å². The van der Waals surface area contributed by atoms with Crippen LogP contribution in [0.5, 0.6) is 0 Å². The third kappa shape index (κ3) is 8.26. The quantitative estimate of drug-likeness (QED) is 0.199. The summed E-state index contributed by atoms with van der Waals surface area (Å²) in [7, 11) is 0. The molecule has 2 N–H and O–H groups in total. The van der Waals surface area contributed by atoms with E-state index in [1.807, 2.05) is 11.6 Å². The molecule has 1 heterocycles. The van der Waals surface area contributed by atoms with Crippen molar-refractivity contribution in [1.82, 2.24) is 25.3 Å². The van der Waals surface area contributed by atoms with E-state index in [0.717, 1.165) is 61.2 Å². The smallest absolute Gasteiger partial charge is 0.191 e. The maximum absolute atomic E-state index is 4.81. The number of nitrogens with one attached hydrogen (secondary N) is 2. The van der Waals surface area contributed by atoms with E-state index in [1.54, 1.807) is 0 Å². The topological polar surface area (TPSA) is 57.5 Å². The lowest BCUT2D eigenvalue weighted by molar-refractivity contribution is 0.297. The molecule has 1 aromatic carbocycles. The van der Waals surface area contributed by atoms with Crippen LogP contribution in [0.25, 0.3) is 5.69 Å². The van der Waals surface area contributed by atoms with Gasteiger partial charge in [0.05, 0.1) is 17.9 Å². The summed E-state index contributed by atoms with van der Waals surface area (Å²) < 4.78 is 2.01. The first-order valence-corrected chi connectivity index (χ1v) is 10.9. The number of guanidine groups is 1. The molecule has 0 saturated heterocycles. The van der Waals surface area contributed by atoms with Gasteiger partial charge in [0.25, 0.3) is 0 Å². The number of aryl methyl sites for hydroxylation is 2. The highest BCUT2D eigenvalue weighted by Crippen LogP contribution is 2.17. The molecule has 6 nitrogen and oxygen atoms in total. The molecule has 1 aromatic heterocycles. The summed E-state index contributed by atoms with van der Waals surface area (Å²) >= 11 is 0. The highest BCUT2D eigenvalue weighted by Gasteiger charge is 2.08. The Balaban J connectivity index is 0.00000450. The van der Waals surface area contributed by atoms with Crippen LogP contribution in [0.1, 0.15) is 50.6 Å². The minimum Gasteiger partial charge on any atom is -0.357 e. The van der Waals surface area contributed by atoms with Gasteiger partial charge in [0.2, 0.25) is 0 Å². The lowest BCUT2D eigenvalue weighted by Gasteiger charge is -2.18. The molecular formula is C23H39IN6. The molecule has 7 heteroatoms. The number of hydrogen-bond donors (Lipinski definition) is 2. The van der Waals surface area contributed by atoms with Crippen LogP contribution in [-0.4, -0.2) is 53.4 Å². The highest BCUT2D eigenvalue weighted by atomic mass is 127. The average Bonchev–Trinajstić information content (AvgIpc) is 3.06. The van der Waals surface area contributed by atoms with Crippen LogP contribution in [0.2, 0.25) is 0 Å². The van der Waals surface area contributed by atoms with E-state index >= 15 is 0 Å². The zero-order valence-corrected chi connectivity index (χ0v) is 21.6. The van der Waals surface area contributed by atoms with E-state index in [2.05, 4.69) is 78.7 Å². The zero-order valence-electron chi connectivity index (χ0n) is 19.2. The Morgan fingerprint density at radius 1 is 1.07 bits per heavy atom. The second kappa shape index (κ2) is 14.4. The number of nitrogens with zero attached hydrogens (tertiary/aromatic N) is 4. The van der Waals surface area contributed by atoms with Gasteiger partial charge in [-0.3, -0.25) is 0 Å². The molecule has 0 bridgehead atoms. The molecule has 2 aromatic rings. The van der Waals surface area contributed by atoms with Crippen molar-refractivity contribution in [2.24, 2.45) is 4.99 Å². The maximum atomic E-state index is 4.81. The van der Waals surface area contributed by atoms with Crippen molar-refractivity contribution in [2.45, 2.75) is 54.0 Å². The number of aromatic nitrogens is 2. The molecule has 0 radical (unpaired) electrons. The van der Waals surface area contributed by atoms with Crippen LogP contribution in [0.15, 0.2) is 35.3 Å². The van der Waals surface area contributed by atoms with Gasteiger partial charge in [-0.1, -0.05) is 32.0 Å². The Hall–Kier alpha value is -1.61. The molecule has 0 aliphatic carbocycles. The third-order valence-electron chi connectivity index (χ3n) is 5.07. The summed E-state index contributed by atoms with van der Waals surface area (Å²) in [5, 5.41) is 11.5. The van der Waals surface area contributed by atoms with E-state index in [9.17, 15) is 0 Å². The van der Waals surface area contributed by atoms with Crippen molar-refractivity contribution in [1.29, 1.82) is 0 Å². The molecule has 0 spiro atoms. The van der Waals surface area contributed by atoms with Gasteiger partial charge in [0.1, 0.15) is 0 Å². The van der Waals surface area contributed by atoms with Crippen molar-refractivity contribution in [3.63, 3.8) is 0 Å². The SMILES string of the molecule is CCNC(=NCc1ccccc1-n1nc(C)cc1C)NCCCCN(CC)CC.I. The number of hydrogen-bond acceptors (Lipinski definition) is 3. The molecule has 0 aliphatic heterocycles. The molecule has 0 aliphatic rings. The number of unbranched alkanes of at least 4 members (excludes halogenated alkanes) is 1. The van der Waals surface area contributed by atoms with Gasteiger partial charge in [-0.25, -0.2) is 9.67 Å². The summed E-state index contributed by atoms with van der Waals surface area (Å²) in [6, 6.07) is 10.5. The summed E-state index contributed by atoms with van der Waals surface area (Å²) in [6.45, 7) is 16.5. The largest absolute Gasteiger partial charge is 0.357 e. The van der Waals surface area contributed by atoms with Gasteiger partial charge in [-0.15, -0.1) is 24.0 Å². The lowest BCUT2D eigenvalue weighted by atomic mass is 10.2. The van der Waals surface area contributed by atoms with Crippen molar-refractivity contribution < 1.29 is 0 Å². The predicted octanol–water partition coefficient (Wildman–Crippen LogP) is 4.28. The molecule has 0 fully saturated rings. The fraction of sp³-hybridized carbons (Fsp3) is 0.565. The Morgan fingerprint density at radius 2 is 1.80 bits per heavy atom. The Kier molecular flexibility index (Phi) is 12.7. The second-order valence-electron chi connectivity index (χ2n) is 7.32. The van der Waals surface area contributed by atoms with Crippen LogP contribution in [0.4, 0.5) is 0 Å². The summed E-state index contributed by atoms with van der Waals surface area (Å²) in [6.07, 6.45) is 2.35.